The molecule has 0 heterocycles. The second-order valence-electron chi connectivity index (χ2n) is 3.27. The van der Waals surface area contributed by atoms with Gasteiger partial charge in [-0.3, -0.25) is 9.59 Å². The molecule has 0 aromatic heterocycles. The van der Waals surface area contributed by atoms with Crippen molar-refractivity contribution in [2.24, 2.45) is 5.73 Å². The van der Waals surface area contributed by atoms with Crippen LogP contribution < -0.4 is 16.4 Å². The molecule has 4 N–H and O–H groups in total. The molecule has 0 unspecified atom stereocenters. The summed E-state index contributed by atoms with van der Waals surface area (Å²) in [6, 6.07) is -0.511. The quantitative estimate of drug-likeness (QED) is 0.462. The third kappa shape index (κ3) is 6.56. The highest BCUT2D eigenvalue weighted by molar-refractivity contribution is 5.87. The summed E-state index contributed by atoms with van der Waals surface area (Å²) < 4.78 is 0. The van der Waals surface area contributed by atoms with Crippen LogP contribution in [0.15, 0.2) is 0 Å². The molecule has 0 aliphatic carbocycles. The molecule has 82 valence electrons. The van der Waals surface area contributed by atoms with Gasteiger partial charge in [-0.1, -0.05) is 0 Å². The first-order valence-corrected chi connectivity index (χ1v) is 4.75. The lowest BCUT2D eigenvalue weighted by molar-refractivity contribution is -0.125. The Morgan fingerprint density at radius 2 is 2.07 bits per heavy atom. The van der Waals surface area contributed by atoms with Crippen LogP contribution in [-0.2, 0) is 9.59 Å². The van der Waals surface area contributed by atoms with Crippen molar-refractivity contribution >= 4 is 11.7 Å². The second-order valence-corrected chi connectivity index (χ2v) is 3.27. The number of nitrogens with one attached hydrogen (secondary N) is 2. The van der Waals surface area contributed by atoms with Crippen molar-refractivity contribution in [2.75, 3.05) is 20.1 Å². The third-order valence-corrected chi connectivity index (χ3v) is 1.79. The summed E-state index contributed by atoms with van der Waals surface area (Å²) in [5.41, 5.74) is 5.59. The Kier molecular flexibility index (Phi) is 6.96. The van der Waals surface area contributed by atoms with Crippen LogP contribution in [0.3, 0.4) is 0 Å². The summed E-state index contributed by atoms with van der Waals surface area (Å²) in [5.74, 6) is -0.322. The predicted octanol–water partition coefficient (Wildman–Crippen LogP) is -0.981. The van der Waals surface area contributed by atoms with Crippen molar-refractivity contribution in [3.63, 3.8) is 0 Å². The Labute approximate surface area is 84.4 Å². The summed E-state index contributed by atoms with van der Waals surface area (Å²) in [6.45, 7) is 2.33. The molecule has 0 spiro atoms. The van der Waals surface area contributed by atoms with E-state index in [1.807, 2.05) is 7.05 Å². The van der Waals surface area contributed by atoms with E-state index in [0.717, 1.165) is 13.0 Å². The summed E-state index contributed by atoms with van der Waals surface area (Å²) >= 11 is 0. The van der Waals surface area contributed by atoms with E-state index in [4.69, 9.17) is 5.73 Å². The molecule has 0 rings (SSSR count). The topological polar surface area (TPSA) is 84.2 Å². The largest absolute Gasteiger partial charge is 0.348 e. The molecule has 5 nitrogen and oxygen atoms in total. The predicted molar refractivity (Wildman–Crippen MR) is 54.8 cm³/mol. The van der Waals surface area contributed by atoms with Crippen molar-refractivity contribution in [2.45, 2.75) is 25.8 Å². The molecular formula is C9H19N3O2. The van der Waals surface area contributed by atoms with Gasteiger partial charge in [-0.05, 0) is 33.4 Å². The average molecular weight is 201 g/mol. The van der Waals surface area contributed by atoms with Gasteiger partial charge in [0.2, 0.25) is 5.91 Å². The van der Waals surface area contributed by atoms with E-state index in [0.29, 0.717) is 6.42 Å². The van der Waals surface area contributed by atoms with Gasteiger partial charge in [0.1, 0.15) is 5.78 Å². The molecule has 0 aliphatic rings. The van der Waals surface area contributed by atoms with Crippen molar-refractivity contribution in [3.8, 4) is 0 Å². The maximum Gasteiger partial charge on any atom is 0.237 e. The van der Waals surface area contributed by atoms with E-state index in [-0.39, 0.29) is 18.2 Å². The molecule has 0 saturated heterocycles. The Morgan fingerprint density at radius 1 is 1.43 bits per heavy atom. The lowest BCUT2D eigenvalue weighted by Gasteiger charge is -2.10. The van der Waals surface area contributed by atoms with Crippen molar-refractivity contribution < 1.29 is 9.59 Å². The molecule has 0 saturated carbocycles. The van der Waals surface area contributed by atoms with Gasteiger partial charge in [0, 0.05) is 0 Å². The first-order chi connectivity index (χ1) is 6.57. The molecule has 0 radical (unpaired) electrons. The molecule has 1 amide bonds. The number of rotatable bonds is 7. The highest BCUT2D eigenvalue weighted by atomic mass is 16.2. The van der Waals surface area contributed by atoms with Crippen molar-refractivity contribution in [1.29, 1.82) is 0 Å². The van der Waals surface area contributed by atoms with Crippen LogP contribution in [0.5, 0.6) is 0 Å². The van der Waals surface area contributed by atoms with Crippen LogP contribution in [-0.4, -0.2) is 37.9 Å². The van der Waals surface area contributed by atoms with Crippen molar-refractivity contribution in [1.82, 2.24) is 10.6 Å². The first-order valence-electron chi connectivity index (χ1n) is 4.75. The van der Waals surface area contributed by atoms with Crippen LogP contribution in [0.25, 0.3) is 0 Å². The van der Waals surface area contributed by atoms with Crippen molar-refractivity contribution in [3.05, 3.63) is 0 Å². The zero-order valence-electron chi connectivity index (χ0n) is 8.80. The number of hydrogen-bond donors (Lipinski definition) is 3. The van der Waals surface area contributed by atoms with E-state index in [1.165, 1.54) is 6.92 Å². The summed E-state index contributed by atoms with van der Waals surface area (Å²) in [5, 5.41) is 5.45. The number of carbonyl (C=O) groups is 2. The monoisotopic (exact) mass is 201 g/mol. The molecule has 5 heteroatoms. The van der Waals surface area contributed by atoms with Gasteiger partial charge in [-0.25, -0.2) is 0 Å². The summed E-state index contributed by atoms with van der Waals surface area (Å²) in [4.78, 5) is 21.8. The van der Waals surface area contributed by atoms with E-state index < -0.39 is 6.04 Å². The molecule has 0 aliphatic heterocycles. The smallest absolute Gasteiger partial charge is 0.237 e. The fraction of sp³-hybridized carbons (Fsp3) is 0.778. The minimum Gasteiger partial charge on any atom is -0.348 e. The number of hydrogen-bond acceptors (Lipinski definition) is 4. The number of ketones is 1. The molecule has 14 heavy (non-hydrogen) atoms. The van der Waals surface area contributed by atoms with Crippen LogP contribution in [0.1, 0.15) is 19.8 Å². The Balaban J connectivity index is 3.59. The SMILES string of the molecule is CNCCC[C@H](N)C(=O)NCC(C)=O. The van der Waals surface area contributed by atoms with Gasteiger partial charge >= 0.3 is 0 Å². The Hall–Kier alpha value is -0.940. The standard InChI is InChI=1S/C9H19N3O2/c1-7(13)6-12-9(14)8(10)4-3-5-11-2/h8,11H,3-6,10H2,1-2H3,(H,12,14)/t8-/m0/s1. The second kappa shape index (κ2) is 7.46. The van der Waals surface area contributed by atoms with E-state index in [2.05, 4.69) is 10.6 Å². The molecule has 0 bridgehead atoms. The number of nitrogens with two attached hydrogens (primary N) is 1. The maximum atomic E-state index is 11.2. The lowest BCUT2D eigenvalue weighted by atomic mass is 10.1. The van der Waals surface area contributed by atoms with Gasteiger partial charge in [0.15, 0.2) is 0 Å². The van der Waals surface area contributed by atoms with Gasteiger partial charge in [0.05, 0.1) is 12.6 Å². The molecular weight excluding hydrogens is 182 g/mol. The van der Waals surface area contributed by atoms with E-state index in [1.54, 1.807) is 0 Å². The molecule has 0 aromatic carbocycles. The van der Waals surface area contributed by atoms with Gasteiger partial charge in [0.25, 0.3) is 0 Å². The van der Waals surface area contributed by atoms with Crippen LogP contribution in [0, 0.1) is 0 Å². The molecule has 0 fully saturated rings. The molecule has 1 atom stereocenters. The minimum absolute atomic E-state index is 0.0680. The fourth-order valence-corrected chi connectivity index (χ4v) is 0.973. The average Bonchev–Trinajstić information content (AvgIpc) is 2.14. The van der Waals surface area contributed by atoms with Gasteiger partial charge in [-0.2, -0.15) is 0 Å². The van der Waals surface area contributed by atoms with Gasteiger partial charge < -0.3 is 16.4 Å². The zero-order chi connectivity index (χ0) is 11.0. The summed E-state index contributed by atoms with van der Waals surface area (Å²) in [7, 11) is 1.85. The third-order valence-electron chi connectivity index (χ3n) is 1.79. The maximum absolute atomic E-state index is 11.2. The highest BCUT2D eigenvalue weighted by Gasteiger charge is 2.12. The van der Waals surface area contributed by atoms with Gasteiger partial charge in [-0.15, -0.1) is 0 Å². The first kappa shape index (κ1) is 13.1. The normalized spacial score (nSPS) is 12.2. The van der Waals surface area contributed by atoms with E-state index >= 15 is 0 Å². The highest BCUT2D eigenvalue weighted by Crippen LogP contribution is 1.92. The number of amides is 1. The molecule has 0 aromatic rings. The van der Waals surface area contributed by atoms with Crippen LogP contribution in [0.2, 0.25) is 0 Å². The minimum atomic E-state index is -0.511. The van der Waals surface area contributed by atoms with Crippen LogP contribution >= 0.6 is 0 Å². The number of Topliss-reactive ketones (excluding diaryl/α,β-unsaturated/α-hetero) is 1. The zero-order valence-corrected chi connectivity index (χ0v) is 8.80. The van der Waals surface area contributed by atoms with Crippen LogP contribution in [0.4, 0.5) is 0 Å². The number of carbonyl (C=O) groups excluding carboxylic acids is 2. The van der Waals surface area contributed by atoms with E-state index in [9.17, 15) is 9.59 Å². The fourth-order valence-electron chi connectivity index (χ4n) is 0.973. The lowest BCUT2D eigenvalue weighted by Crippen LogP contribution is -2.42. The Morgan fingerprint density at radius 3 is 2.57 bits per heavy atom. The Bertz CT molecular complexity index is 194. The summed E-state index contributed by atoms with van der Waals surface area (Å²) in [6.07, 6.45) is 1.48.